The van der Waals surface area contributed by atoms with Crippen molar-refractivity contribution < 1.29 is 0 Å². The molecule has 1 aliphatic carbocycles. The fourth-order valence-corrected chi connectivity index (χ4v) is 3.77. The van der Waals surface area contributed by atoms with E-state index in [1.807, 2.05) is 0 Å². The number of hydrogen-bond donors (Lipinski definition) is 1. The molecule has 1 atom stereocenters. The lowest BCUT2D eigenvalue weighted by Gasteiger charge is -2.34. The summed E-state index contributed by atoms with van der Waals surface area (Å²) < 4.78 is 0. The molecule has 1 unspecified atom stereocenters. The molecular weight excluding hydrogens is 220 g/mol. The van der Waals surface area contributed by atoms with Crippen molar-refractivity contribution in [1.82, 2.24) is 10.2 Å². The van der Waals surface area contributed by atoms with Crippen molar-refractivity contribution in [2.75, 3.05) is 26.7 Å². The molecule has 1 N–H and O–H groups in total. The van der Waals surface area contributed by atoms with Crippen LogP contribution in [0.1, 0.15) is 58.3 Å². The van der Waals surface area contributed by atoms with E-state index in [-0.39, 0.29) is 0 Å². The van der Waals surface area contributed by atoms with Gasteiger partial charge in [-0.25, -0.2) is 0 Å². The van der Waals surface area contributed by atoms with E-state index in [1.54, 1.807) is 0 Å². The van der Waals surface area contributed by atoms with Crippen molar-refractivity contribution >= 4 is 0 Å². The minimum atomic E-state index is 0.884. The Morgan fingerprint density at radius 3 is 2.44 bits per heavy atom. The Balaban J connectivity index is 1.58. The molecule has 2 rings (SSSR count). The third kappa shape index (κ3) is 4.24. The number of nitrogens with one attached hydrogen (secondary N) is 1. The molecule has 0 aromatic rings. The number of nitrogens with zero attached hydrogens (tertiary/aromatic N) is 1. The van der Waals surface area contributed by atoms with E-state index in [4.69, 9.17) is 0 Å². The molecule has 0 spiro atoms. The molecule has 1 saturated carbocycles. The first kappa shape index (κ1) is 14.3. The highest BCUT2D eigenvalue weighted by atomic mass is 15.1. The summed E-state index contributed by atoms with van der Waals surface area (Å²) in [6, 6.07) is 0.884. The Morgan fingerprint density at radius 2 is 1.83 bits per heavy atom. The van der Waals surface area contributed by atoms with Crippen molar-refractivity contribution in [1.29, 1.82) is 0 Å². The summed E-state index contributed by atoms with van der Waals surface area (Å²) in [5.41, 5.74) is 0. The van der Waals surface area contributed by atoms with Gasteiger partial charge in [-0.1, -0.05) is 13.3 Å². The predicted molar refractivity (Wildman–Crippen MR) is 78.9 cm³/mol. The minimum Gasteiger partial charge on any atom is -0.316 e. The lowest BCUT2D eigenvalue weighted by atomic mass is 9.84. The highest BCUT2D eigenvalue weighted by Crippen LogP contribution is 2.29. The van der Waals surface area contributed by atoms with Gasteiger partial charge in [-0.05, 0) is 83.5 Å². The molecule has 18 heavy (non-hydrogen) atoms. The van der Waals surface area contributed by atoms with Gasteiger partial charge in [0.2, 0.25) is 0 Å². The van der Waals surface area contributed by atoms with Crippen LogP contribution in [0, 0.1) is 11.8 Å². The quantitative estimate of drug-likeness (QED) is 0.780. The second-order valence-electron chi connectivity index (χ2n) is 6.56. The van der Waals surface area contributed by atoms with Gasteiger partial charge in [-0.2, -0.15) is 0 Å². The first-order valence-corrected chi connectivity index (χ1v) is 8.20. The molecule has 2 heteroatoms. The zero-order chi connectivity index (χ0) is 12.8. The zero-order valence-corrected chi connectivity index (χ0v) is 12.5. The summed E-state index contributed by atoms with van der Waals surface area (Å²) in [4.78, 5) is 2.65. The van der Waals surface area contributed by atoms with Crippen molar-refractivity contribution in [3.8, 4) is 0 Å². The van der Waals surface area contributed by atoms with E-state index >= 15 is 0 Å². The molecule has 2 fully saturated rings. The second-order valence-corrected chi connectivity index (χ2v) is 6.56. The van der Waals surface area contributed by atoms with Crippen molar-refractivity contribution in [2.45, 2.75) is 64.3 Å². The van der Waals surface area contributed by atoms with Crippen LogP contribution in [0.5, 0.6) is 0 Å². The predicted octanol–water partition coefficient (Wildman–Crippen LogP) is 3.28. The van der Waals surface area contributed by atoms with Gasteiger partial charge in [-0.3, -0.25) is 0 Å². The zero-order valence-electron chi connectivity index (χ0n) is 12.5. The van der Waals surface area contributed by atoms with E-state index in [0.717, 1.165) is 17.9 Å². The van der Waals surface area contributed by atoms with Crippen molar-refractivity contribution in [2.24, 2.45) is 11.8 Å². The third-order valence-electron chi connectivity index (χ3n) is 5.30. The van der Waals surface area contributed by atoms with Crippen LogP contribution in [0.15, 0.2) is 0 Å². The Hall–Kier alpha value is -0.0800. The normalized spacial score (nSPS) is 33.2. The largest absolute Gasteiger partial charge is 0.316 e. The van der Waals surface area contributed by atoms with Gasteiger partial charge in [0.15, 0.2) is 0 Å². The summed E-state index contributed by atoms with van der Waals surface area (Å²) >= 11 is 0. The maximum absolute atomic E-state index is 3.47. The van der Waals surface area contributed by atoms with Crippen molar-refractivity contribution in [3.05, 3.63) is 0 Å². The molecule has 106 valence electrons. The van der Waals surface area contributed by atoms with Gasteiger partial charge >= 0.3 is 0 Å². The van der Waals surface area contributed by atoms with Gasteiger partial charge in [-0.15, -0.1) is 0 Å². The SMILES string of the molecule is CCC1CCC(N(C)CCCC2CCNC2)CC1. The second kappa shape index (κ2) is 7.49. The molecular formula is C16H32N2. The Bertz CT molecular complexity index is 215. The molecule has 0 bridgehead atoms. The van der Waals surface area contributed by atoms with Gasteiger partial charge in [0, 0.05) is 6.04 Å². The van der Waals surface area contributed by atoms with Crippen molar-refractivity contribution in [3.63, 3.8) is 0 Å². The fourth-order valence-electron chi connectivity index (χ4n) is 3.77. The summed E-state index contributed by atoms with van der Waals surface area (Å²) in [6.45, 7) is 6.19. The van der Waals surface area contributed by atoms with Crippen LogP contribution >= 0.6 is 0 Å². The van der Waals surface area contributed by atoms with Crippen LogP contribution in [-0.2, 0) is 0 Å². The minimum absolute atomic E-state index is 0.884. The summed E-state index contributed by atoms with van der Waals surface area (Å²) in [6.07, 6.45) is 11.5. The first-order valence-electron chi connectivity index (χ1n) is 8.20. The third-order valence-corrected chi connectivity index (χ3v) is 5.30. The van der Waals surface area contributed by atoms with E-state index in [9.17, 15) is 0 Å². The maximum atomic E-state index is 3.47. The van der Waals surface area contributed by atoms with E-state index < -0.39 is 0 Å². The molecule has 0 amide bonds. The Morgan fingerprint density at radius 1 is 1.06 bits per heavy atom. The molecule has 0 aromatic heterocycles. The highest BCUT2D eigenvalue weighted by Gasteiger charge is 2.23. The van der Waals surface area contributed by atoms with E-state index in [0.29, 0.717) is 0 Å². The number of rotatable bonds is 6. The van der Waals surface area contributed by atoms with E-state index in [1.165, 1.54) is 71.0 Å². The first-order chi connectivity index (χ1) is 8.79. The van der Waals surface area contributed by atoms with E-state index in [2.05, 4.69) is 24.2 Å². The topological polar surface area (TPSA) is 15.3 Å². The smallest absolute Gasteiger partial charge is 0.00924 e. The molecule has 1 aliphatic heterocycles. The average molecular weight is 252 g/mol. The van der Waals surface area contributed by atoms with Crippen LogP contribution in [0.3, 0.4) is 0 Å². The Labute approximate surface area is 114 Å². The summed E-state index contributed by atoms with van der Waals surface area (Å²) in [5.74, 6) is 1.99. The standard InChI is InChI=1S/C16H32N2/c1-3-14-6-8-16(9-7-14)18(2)12-4-5-15-10-11-17-13-15/h14-17H,3-13H2,1-2H3. The van der Waals surface area contributed by atoms with Gasteiger partial charge < -0.3 is 10.2 Å². The van der Waals surface area contributed by atoms with Crippen LogP contribution < -0.4 is 5.32 Å². The average Bonchev–Trinajstić information content (AvgIpc) is 2.92. The fraction of sp³-hybridized carbons (Fsp3) is 1.00. The van der Waals surface area contributed by atoms with Gasteiger partial charge in [0.25, 0.3) is 0 Å². The van der Waals surface area contributed by atoms with Crippen LogP contribution in [0.25, 0.3) is 0 Å². The molecule has 2 aliphatic rings. The molecule has 2 nitrogen and oxygen atoms in total. The molecule has 1 heterocycles. The van der Waals surface area contributed by atoms with Gasteiger partial charge in [0.05, 0.1) is 0 Å². The Kier molecular flexibility index (Phi) is 5.97. The number of hydrogen-bond acceptors (Lipinski definition) is 2. The van der Waals surface area contributed by atoms with Crippen LogP contribution in [-0.4, -0.2) is 37.6 Å². The highest BCUT2D eigenvalue weighted by molar-refractivity contribution is 4.78. The molecule has 1 saturated heterocycles. The lowest BCUT2D eigenvalue weighted by Crippen LogP contribution is -2.35. The van der Waals surface area contributed by atoms with Crippen LogP contribution in [0.2, 0.25) is 0 Å². The summed E-state index contributed by atoms with van der Waals surface area (Å²) in [7, 11) is 2.35. The van der Waals surface area contributed by atoms with Gasteiger partial charge in [0.1, 0.15) is 0 Å². The lowest BCUT2D eigenvalue weighted by molar-refractivity contribution is 0.159. The molecule has 0 aromatic carbocycles. The summed E-state index contributed by atoms with van der Waals surface area (Å²) in [5, 5.41) is 3.47. The molecule has 0 radical (unpaired) electrons. The maximum Gasteiger partial charge on any atom is 0.00924 e. The van der Waals surface area contributed by atoms with Crippen LogP contribution in [0.4, 0.5) is 0 Å². The monoisotopic (exact) mass is 252 g/mol.